The third-order valence-corrected chi connectivity index (χ3v) is 8.00. The number of carbonyl (C=O) groups is 1. The van der Waals surface area contributed by atoms with Crippen molar-refractivity contribution in [1.82, 2.24) is 9.55 Å². The SMILES string of the molecule is CCOc1ccn(-c2ccc(F)cc2)c(=O)c1C(=O)Nc1ccc(Oc2ccnc3cc(OC4CCOCC4)c4c(c23)OCCO4)c(F)c1. The van der Waals surface area contributed by atoms with Gasteiger partial charge in [0.05, 0.1) is 30.7 Å². The van der Waals surface area contributed by atoms with Crippen LogP contribution in [0.15, 0.2) is 77.9 Å². The zero-order chi connectivity index (χ0) is 33.9. The van der Waals surface area contributed by atoms with Crippen molar-refractivity contribution in [3.63, 3.8) is 0 Å². The van der Waals surface area contributed by atoms with Gasteiger partial charge in [0.15, 0.2) is 23.1 Å². The van der Waals surface area contributed by atoms with Crippen LogP contribution < -0.4 is 34.6 Å². The molecule has 2 aliphatic heterocycles. The topological polar surface area (TPSA) is 119 Å². The van der Waals surface area contributed by atoms with Crippen LogP contribution in [0.1, 0.15) is 30.1 Å². The van der Waals surface area contributed by atoms with Crippen LogP contribution >= 0.6 is 0 Å². The highest BCUT2D eigenvalue weighted by Gasteiger charge is 2.27. The average molecular weight is 672 g/mol. The molecule has 2 aromatic heterocycles. The second kappa shape index (κ2) is 13.8. The van der Waals surface area contributed by atoms with Gasteiger partial charge in [-0.1, -0.05) is 0 Å². The fourth-order valence-corrected chi connectivity index (χ4v) is 5.70. The van der Waals surface area contributed by atoms with Crippen LogP contribution in [0.2, 0.25) is 0 Å². The largest absolute Gasteiger partial charge is 0.493 e. The Labute approximate surface area is 278 Å². The number of hydrogen-bond acceptors (Lipinski definition) is 9. The van der Waals surface area contributed by atoms with E-state index in [9.17, 15) is 14.0 Å². The van der Waals surface area contributed by atoms with Crippen LogP contribution in [0.5, 0.6) is 34.5 Å². The number of benzene rings is 3. The minimum atomic E-state index is -0.819. The standard InChI is InChI=1S/C36H31F2N3O8/c1-2-45-28-10-14-41(23-6-3-21(37)4-7-23)36(43)32(28)35(42)40-22-5-8-27(25(38)19-22)49-29-9-13-39-26-20-30(48-24-11-15-44-16-12-24)33-34(31(26)29)47-18-17-46-33/h3-10,13-14,19-20,24H,2,11-12,15-18H2,1H3,(H,40,42). The Kier molecular flexibility index (Phi) is 8.99. The second-order valence-electron chi connectivity index (χ2n) is 11.2. The first-order chi connectivity index (χ1) is 23.9. The van der Waals surface area contributed by atoms with Crippen molar-refractivity contribution < 1.29 is 42.0 Å². The molecule has 1 saturated heterocycles. The number of pyridine rings is 2. The normalized spacial score (nSPS) is 14.3. The summed E-state index contributed by atoms with van der Waals surface area (Å²) < 4.78 is 65.5. The summed E-state index contributed by atoms with van der Waals surface area (Å²) in [6.45, 7) is 3.74. The lowest BCUT2D eigenvalue weighted by molar-refractivity contribution is 0.0234. The number of carbonyl (C=O) groups excluding carboxylic acids is 1. The highest BCUT2D eigenvalue weighted by molar-refractivity contribution is 6.06. The number of fused-ring (bicyclic) bond motifs is 3. The van der Waals surface area contributed by atoms with E-state index < -0.39 is 23.1 Å². The Morgan fingerprint density at radius 1 is 0.918 bits per heavy atom. The van der Waals surface area contributed by atoms with Gasteiger partial charge < -0.3 is 33.7 Å². The molecule has 1 amide bonds. The summed E-state index contributed by atoms with van der Waals surface area (Å²) in [5, 5.41) is 3.06. The highest BCUT2D eigenvalue weighted by Crippen LogP contribution is 2.49. The smallest absolute Gasteiger partial charge is 0.271 e. The average Bonchev–Trinajstić information content (AvgIpc) is 3.11. The second-order valence-corrected chi connectivity index (χ2v) is 11.2. The minimum Gasteiger partial charge on any atom is -0.493 e. The van der Waals surface area contributed by atoms with Crippen LogP contribution in [-0.4, -0.2) is 54.6 Å². The van der Waals surface area contributed by atoms with Crippen LogP contribution in [0, 0.1) is 11.6 Å². The molecule has 7 rings (SSSR count). The van der Waals surface area contributed by atoms with E-state index >= 15 is 4.39 Å². The summed E-state index contributed by atoms with van der Waals surface area (Å²) >= 11 is 0. The number of halogens is 2. The van der Waals surface area contributed by atoms with Gasteiger partial charge in [-0.2, -0.15) is 0 Å². The molecule has 0 spiro atoms. The zero-order valence-corrected chi connectivity index (χ0v) is 26.4. The molecule has 5 aromatic rings. The van der Waals surface area contributed by atoms with Gasteiger partial charge in [0.25, 0.3) is 11.5 Å². The van der Waals surface area contributed by atoms with Crippen molar-refractivity contribution in [2.45, 2.75) is 25.9 Å². The first kappa shape index (κ1) is 31.9. The molecule has 1 fully saturated rings. The number of rotatable bonds is 9. The van der Waals surface area contributed by atoms with Gasteiger partial charge in [-0.15, -0.1) is 0 Å². The molecule has 0 bridgehead atoms. The van der Waals surface area contributed by atoms with Crippen LogP contribution in [0.3, 0.4) is 0 Å². The maximum Gasteiger partial charge on any atom is 0.271 e. The maximum atomic E-state index is 15.6. The van der Waals surface area contributed by atoms with E-state index in [4.69, 9.17) is 28.4 Å². The van der Waals surface area contributed by atoms with E-state index in [1.165, 1.54) is 59.4 Å². The number of anilines is 1. The lowest BCUT2D eigenvalue weighted by Crippen LogP contribution is -2.29. The molecule has 0 radical (unpaired) electrons. The summed E-state index contributed by atoms with van der Waals surface area (Å²) in [7, 11) is 0. The molecule has 4 heterocycles. The van der Waals surface area contributed by atoms with Gasteiger partial charge in [0, 0.05) is 48.7 Å². The number of ether oxygens (including phenoxy) is 6. The molecule has 0 unspecified atom stereocenters. The molecule has 13 heteroatoms. The van der Waals surface area contributed by atoms with E-state index in [0.29, 0.717) is 60.3 Å². The van der Waals surface area contributed by atoms with Gasteiger partial charge >= 0.3 is 0 Å². The molecule has 49 heavy (non-hydrogen) atoms. The summed E-state index contributed by atoms with van der Waals surface area (Å²) in [5.74, 6) is -0.581. The predicted molar refractivity (Wildman–Crippen MR) is 175 cm³/mol. The van der Waals surface area contributed by atoms with Crippen molar-refractivity contribution in [2.24, 2.45) is 0 Å². The van der Waals surface area contributed by atoms with E-state index in [0.717, 1.165) is 18.9 Å². The van der Waals surface area contributed by atoms with Gasteiger partial charge in [0.1, 0.15) is 42.2 Å². The predicted octanol–water partition coefficient (Wildman–Crippen LogP) is 6.44. The Morgan fingerprint density at radius 3 is 2.45 bits per heavy atom. The van der Waals surface area contributed by atoms with Gasteiger partial charge in [-0.25, -0.2) is 8.78 Å². The molecule has 11 nitrogen and oxygen atoms in total. The van der Waals surface area contributed by atoms with Crippen LogP contribution in [0.25, 0.3) is 16.6 Å². The molecular formula is C36H31F2N3O8. The summed E-state index contributed by atoms with van der Waals surface area (Å²) in [5.41, 5.74) is -0.0773. The third kappa shape index (κ3) is 6.57. The van der Waals surface area contributed by atoms with Gasteiger partial charge in [-0.05, 0) is 55.5 Å². The van der Waals surface area contributed by atoms with Crippen molar-refractivity contribution in [3.05, 3.63) is 101 Å². The first-order valence-electron chi connectivity index (χ1n) is 15.8. The fraction of sp³-hybridized carbons (Fsp3) is 0.250. The summed E-state index contributed by atoms with van der Waals surface area (Å²) in [6, 6.07) is 13.9. The Balaban J connectivity index is 1.16. The molecule has 1 N–H and O–H groups in total. The van der Waals surface area contributed by atoms with Gasteiger partial charge in [-0.3, -0.25) is 19.1 Å². The van der Waals surface area contributed by atoms with Crippen molar-refractivity contribution in [2.75, 3.05) is 38.4 Å². The molecular weight excluding hydrogens is 640 g/mol. The van der Waals surface area contributed by atoms with Gasteiger partial charge in [0.2, 0.25) is 5.75 Å². The quantitative estimate of drug-likeness (QED) is 0.189. The minimum absolute atomic E-state index is 0.0446. The number of nitrogens with one attached hydrogen (secondary N) is 1. The zero-order valence-electron chi connectivity index (χ0n) is 26.4. The summed E-state index contributed by atoms with van der Waals surface area (Å²) in [4.78, 5) is 31.3. The highest BCUT2D eigenvalue weighted by atomic mass is 19.1. The lowest BCUT2D eigenvalue weighted by atomic mass is 10.1. The maximum absolute atomic E-state index is 15.6. The molecule has 0 saturated carbocycles. The van der Waals surface area contributed by atoms with E-state index in [-0.39, 0.29) is 41.2 Å². The number of aromatic nitrogens is 2. The van der Waals surface area contributed by atoms with E-state index in [2.05, 4.69) is 10.3 Å². The number of amides is 1. The van der Waals surface area contributed by atoms with Crippen LogP contribution in [-0.2, 0) is 4.74 Å². The Morgan fingerprint density at radius 2 is 1.69 bits per heavy atom. The molecule has 3 aromatic carbocycles. The molecule has 252 valence electrons. The van der Waals surface area contributed by atoms with Crippen molar-refractivity contribution in [1.29, 1.82) is 0 Å². The fourth-order valence-electron chi connectivity index (χ4n) is 5.70. The monoisotopic (exact) mass is 671 g/mol. The third-order valence-electron chi connectivity index (χ3n) is 8.00. The van der Waals surface area contributed by atoms with Crippen molar-refractivity contribution >= 4 is 22.5 Å². The first-order valence-corrected chi connectivity index (χ1v) is 15.8. The molecule has 0 atom stereocenters. The molecule has 0 aliphatic carbocycles. The summed E-state index contributed by atoms with van der Waals surface area (Å²) in [6.07, 6.45) is 4.41. The number of hydrogen-bond donors (Lipinski definition) is 1. The Bertz CT molecular complexity index is 2080. The van der Waals surface area contributed by atoms with E-state index in [1.807, 2.05) is 0 Å². The number of nitrogens with zero attached hydrogens (tertiary/aromatic N) is 2. The Hall–Kier alpha value is -5.69. The van der Waals surface area contributed by atoms with E-state index in [1.54, 1.807) is 19.1 Å². The molecule has 2 aliphatic rings. The van der Waals surface area contributed by atoms with Crippen LogP contribution in [0.4, 0.5) is 14.5 Å². The van der Waals surface area contributed by atoms with Crippen molar-refractivity contribution in [3.8, 4) is 40.2 Å². The lowest BCUT2D eigenvalue weighted by Gasteiger charge is -2.27.